The molecule has 11 heteroatoms. The smallest absolute Gasteiger partial charge is 0.223 e. The number of ether oxygens (including phenoxy) is 2. The Labute approximate surface area is 293 Å². The molecule has 0 unspecified atom stereocenters. The van der Waals surface area contributed by atoms with E-state index in [1.807, 2.05) is 22.6 Å². The molecule has 264 valence electrons. The molecule has 2 aliphatic rings. The third kappa shape index (κ3) is 8.44. The summed E-state index contributed by atoms with van der Waals surface area (Å²) in [4.78, 5) is 20.2. The molecule has 1 aliphatic heterocycles. The molecule has 1 saturated carbocycles. The Morgan fingerprint density at radius 1 is 0.959 bits per heavy atom. The number of aromatic nitrogens is 4. The SMILES string of the molecule is CCc1cc(C)c(F)cc1-c1ccc2c(-c3nc4c(n3COCC[Si](C)(C)C)CN(C(=O)CC3CC3)C4)nn(COCC[Si](C)(C)C)c2c1. The first-order valence-electron chi connectivity index (χ1n) is 18.0. The van der Waals surface area contributed by atoms with Gasteiger partial charge in [0.25, 0.3) is 0 Å². The van der Waals surface area contributed by atoms with Gasteiger partial charge in [0.1, 0.15) is 25.0 Å². The third-order valence-electron chi connectivity index (χ3n) is 9.82. The highest BCUT2D eigenvalue weighted by Gasteiger charge is 2.34. The van der Waals surface area contributed by atoms with E-state index in [9.17, 15) is 9.18 Å². The number of hydrogen-bond acceptors (Lipinski definition) is 5. The van der Waals surface area contributed by atoms with Crippen molar-refractivity contribution >= 4 is 33.0 Å². The van der Waals surface area contributed by atoms with Gasteiger partial charge in [-0.1, -0.05) is 58.3 Å². The van der Waals surface area contributed by atoms with Crippen molar-refractivity contribution in [2.75, 3.05) is 13.2 Å². The summed E-state index contributed by atoms with van der Waals surface area (Å²) in [7, 11) is -2.54. The molecule has 49 heavy (non-hydrogen) atoms. The lowest BCUT2D eigenvalue weighted by atomic mass is 9.95. The van der Waals surface area contributed by atoms with Gasteiger partial charge < -0.3 is 18.9 Å². The van der Waals surface area contributed by atoms with Crippen LogP contribution in [0.15, 0.2) is 30.3 Å². The van der Waals surface area contributed by atoms with Gasteiger partial charge in [-0.05, 0) is 84.6 Å². The minimum atomic E-state index is -1.27. The lowest BCUT2D eigenvalue weighted by molar-refractivity contribution is -0.132. The van der Waals surface area contributed by atoms with Crippen molar-refractivity contribution in [1.29, 1.82) is 0 Å². The summed E-state index contributed by atoms with van der Waals surface area (Å²) in [6.45, 7) is 21.1. The summed E-state index contributed by atoms with van der Waals surface area (Å²) in [5.74, 6) is 1.30. The van der Waals surface area contributed by atoms with Gasteiger partial charge in [0.15, 0.2) is 5.82 Å². The number of aryl methyl sites for hydroxylation is 2. The van der Waals surface area contributed by atoms with Crippen molar-refractivity contribution in [3.63, 3.8) is 0 Å². The first-order valence-corrected chi connectivity index (χ1v) is 25.4. The van der Waals surface area contributed by atoms with Gasteiger partial charge in [-0.3, -0.25) is 4.79 Å². The van der Waals surface area contributed by atoms with Crippen LogP contribution >= 0.6 is 0 Å². The van der Waals surface area contributed by atoms with Crippen LogP contribution in [0.2, 0.25) is 51.4 Å². The molecule has 0 atom stereocenters. The van der Waals surface area contributed by atoms with Gasteiger partial charge in [0.2, 0.25) is 5.91 Å². The summed E-state index contributed by atoms with van der Waals surface area (Å²) >= 11 is 0. The average Bonchev–Trinajstić information content (AvgIpc) is 3.49. The normalized spacial score (nSPS) is 15.1. The Morgan fingerprint density at radius 2 is 1.65 bits per heavy atom. The molecule has 8 nitrogen and oxygen atoms in total. The van der Waals surface area contributed by atoms with E-state index in [0.717, 1.165) is 81.9 Å². The number of halogens is 1. The Kier molecular flexibility index (Phi) is 10.4. The van der Waals surface area contributed by atoms with Gasteiger partial charge in [-0.25, -0.2) is 14.1 Å². The molecule has 2 aromatic heterocycles. The maximum atomic E-state index is 14.9. The molecular formula is C38H54FN5O3Si2. The Balaban J connectivity index is 1.39. The molecule has 0 bridgehead atoms. The molecule has 0 radical (unpaired) electrons. The topological polar surface area (TPSA) is 74.4 Å². The number of imidazole rings is 1. The van der Waals surface area contributed by atoms with Gasteiger partial charge in [0.05, 0.1) is 30.0 Å². The second-order valence-corrected chi connectivity index (χ2v) is 27.8. The number of nitrogens with zero attached hydrogens (tertiary/aromatic N) is 5. The molecular weight excluding hydrogens is 650 g/mol. The number of fused-ring (bicyclic) bond motifs is 2. The lowest BCUT2D eigenvalue weighted by Crippen LogP contribution is -2.27. The van der Waals surface area contributed by atoms with E-state index in [4.69, 9.17) is 19.6 Å². The lowest BCUT2D eigenvalue weighted by Gasteiger charge is -2.18. The molecule has 1 amide bonds. The number of benzene rings is 2. The van der Waals surface area contributed by atoms with Crippen LogP contribution in [-0.4, -0.2) is 59.5 Å². The predicted molar refractivity (Wildman–Crippen MR) is 200 cm³/mol. The third-order valence-corrected chi connectivity index (χ3v) is 13.2. The Hall–Kier alpha value is -3.13. The van der Waals surface area contributed by atoms with Crippen molar-refractivity contribution in [3.8, 4) is 22.6 Å². The summed E-state index contributed by atoms with van der Waals surface area (Å²) in [5, 5.41) is 6.12. The second-order valence-electron chi connectivity index (χ2n) is 16.5. The largest absolute Gasteiger partial charge is 0.361 e. The van der Waals surface area contributed by atoms with Crippen molar-refractivity contribution in [3.05, 3.63) is 58.7 Å². The van der Waals surface area contributed by atoms with Crippen LogP contribution in [0.4, 0.5) is 4.39 Å². The quantitative estimate of drug-likeness (QED) is 0.0914. The zero-order valence-electron chi connectivity index (χ0n) is 30.8. The van der Waals surface area contributed by atoms with Crippen LogP contribution in [0.3, 0.4) is 0 Å². The summed E-state index contributed by atoms with van der Waals surface area (Å²) in [6, 6.07) is 12.0. The van der Waals surface area contributed by atoms with Gasteiger partial charge >= 0.3 is 0 Å². The fourth-order valence-corrected chi connectivity index (χ4v) is 7.94. The number of rotatable bonds is 15. The number of carbonyl (C=O) groups is 1. The molecule has 1 fully saturated rings. The van der Waals surface area contributed by atoms with E-state index in [2.05, 4.69) is 69.0 Å². The standard InChI is InChI=1S/C38H54FN5O3Si2/c1-9-28-18-26(2)32(39)21-31(28)29-12-13-30-34(20-29)44(25-47-15-17-49(6,7)8)41-37(30)38-40-33-22-42(36(45)19-27-10-11-27)23-35(33)43(38)24-46-14-16-48(3,4)5/h12-13,18,20-21,27H,9-11,14-17,19,22-25H2,1-8H3. The molecule has 0 spiro atoms. The van der Waals surface area contributed by atoms with Crippen LogP contribution in [0.1, 0.15) is 48.7 Å². The van der Waals surface area contributed by atoms with Crippen LogP contribution < -0.4 is 0 Å². The highest BCUT2D eigenvalue weighted by atomic mass is 28.3. The van der Waals surface area contributed by atoms with Gasteiger partial charge in [0, 0.05) is 41.2 Å². The van der Waals surface area contributed by atoms with Crippen LogP contribution in [-0.2, 0) is 47.2 Å². The highest BCUT2D eigenvalue weighted by Crippen LogP contribution is 2.38. The maximum Gasteiger partial charge on any atom is 0.223 e. The number of carbonyl (C=O) groups excluding carboxylic acids is 1. The van der Waals surface area contributed by atoms with Crippen molar-refractivity contribution < 1.29 is 18.7 Å². The van der Waals surface area contributed by atoms with Gasteiger partial charge in [-0.15, -0.1) is 0 Å². The summed E-state index contributed by atoms with van der Waals surface area (Å²) in [6.07, 6.45) is 3.75. The highest BCUT2D eigenvalue weighted by molar-refractivity contribution is 6.76. The summed E-state index contributed by atoms with van der Waals surface area (Å²) < 4.78 is 31.5. The first kappa shape index (κ1) is 35.7. The van der Waals surface area contributed by atoms with E-state index < -0.39 is 16.1 Å². The van der Waals surface area contributed by atoms with E-state index >= 15 is 0 Å². The fraction of sp³-hybridized carbons (Fsp3) is 0.553. The van der Waals surface area contributed by atoms with E-state index in [-0.39, 0.29) is 11.7 Å². The van der Waals surface area contributed by atoms with E-state index in [1.54, 1.807) is 6.07 Å². The zero-order chi connectivity index (χ0) is 35.1. The van der Waals surface area contributed by atoms with Crippen LogP contribution in [0, 0.1) is 18.7 Å². The van der Waals surface area contributed by atoms with Crippen molar-refractivity contribution in [2.24, 2.45) is 5.92 Å². The Bertz CT molecular complexity index is 1830. The first-order chi connectivity index (χ1) is 23.2. The molecule has 1 aliphatic carbocycles. The predicted octanol–water partition coefficient (Wildman–Crippen LogP) is 8.84. The number of amides is 1. The summed E-state index contributed by atoms with van der Waals surface area (Å²) in [5.41, 5.74) is 7.24. The molecule has 2 aromatic carbocycles. The fourth-order valence-electron chi connectivity index (χ4n) is 6.42. The van der Waals surface area contributed by atoms with E-state index in [1.165, 1.54) is 0 Å². The number of hydrogen-bond donors (Lipinski definition) is 0. The minimum Gasteiger partial charge on any atom is -0.361 e. The zero-order valence-corrected chi connectivity index (χ0v) is 32.8. The molecule has 6 rings (SSSR count). The second kappa shape index (κ2) is 14.2. The van der Waals surface area contributed by atoms with E-state index in [0.29, 0.717) is 57.7 Å². The van der Waals surface area contributed by atoms with Crippen LogP contribution in [0.5, 0.6) is 0 Å². The van der Waals surface area contributed by atoms with Crippen molar-refractivity contribution in [1.82, 2.24) is 24.2 Å². The average molecular weight is 704 g/mol. The molecule has 3 heterocycles. The Morgan fingerprint density at radius 3 is 2.31 bits per heavy atom. The van der Waals surface area contributed by atoms with Crippen molar-refractivity contribution in [2.45, 2.75) is 117 Å². The molecule has 4 aromatic rings. The molecule has 0 saturated heterocycles. The van der Waals surface area contributed by atoms with Gasteiger partial charge in [-0.2, -0.15) is 5.10 Å². The minimum absolute atomic E-state index is 0.202. The molecule has 0 N–H and O–H groups in total. The monoisotopic (exact) mass is 703 g/mol. The van der Waals surface area contributed by atoms with Crippen LogP contribution in [0.25, 0.3) is 33.5 Å². The maximum absolute atomic E-state index is 14.9.